The first-order chi connectivity index (χ1) is 15.1. The lowest BCUT2D eigenvalue weighted by Gasteiger charge is -2.29. The van der Waals surface area contributed by atoms with Crippen LogP contribution in [0, 0.1) is 5.92 Å². The average Bonchev–Trinajstić information content (AvgIpc) is 3.44. The molecule has 160 valence electrons. The summed E-state index contributed by atoms with van der Waals surface area (Å²) in [7, 11) is 0. The summed E-state index contributed by atoms with van der Waals surface area (Å²) in [6.45, 7) is 4.36. The third kappa shape index (κ3) is 3.62. The second kappa shape index (κ2) is 8.02. The quantitative estimate of drug-likeness (QED) is 0.501. The molecule has 1 aliphatic rings. The fourth-order valence-corrected chi connectivity index (χ4v) is 4.66. The van der Waals surface area contributed by atoms with Crippen molar-refractivity contribution in [3.8, 4) is 0 Å². The number of aromatic amines is 1. The number of nitrogens with one attached hydrogen (secondary N) is 2. The molecule has 3 heterocycles. The second-order valence-corrected chi connectivity index (χ2v) is 8.50. The highest BCUT2D eigenvalue weighted by Crippen LogP contribution is 2.36. The highest BCUT2D eigenvalue weighted by molar-refractivity contribution is 5.91. The molecule has 2 N–H and O–H groups in total. The fraction of sp³-hybridized carbons (Fsp3) is 0.391. The first-order valence-corrected chi connectivity index (χ1v) is 10.9. The lowest BCUT2D eigenvalue weighted by Crippen LogP contribution is -2.22. The van der Waals surface area contributed by atoms with E-state index in [0.29, 0.717) is 23.2 Å². The Morgan fingerprint density at radius 1 is 1.16 bits per heavy atom. The molecule has 0 aliphatic heterocycles. The van der Waals surface area contributed by atoms with E-state index >= 15 is 0 Å². The Kier molecular flexibility index (Phi) is 5.05. The highest BCUT2D eigenvalue weighted by atomic mass is 16.1. The summed E-state index contributed by atoms with van der Waals surface area (Å²) in [5, 5.41) is 16.8. The molecule has 0 spiro atoms. The van der Waals surface area contributed by atoms with E-state index in [1.807, 2.05) is 29.1 Å². The van der Waals surface area contributed by atoms with Crippen LogP contribution in [0.1, 0.15) is 57.2 Å². The van der Waals surface area contributed by atoms with Gasteiger partial charge in [-0.15, -0.1) is 5.10 Å². The van der Waals surface area contributed by atoms with Gasteiger partial charge >= 0.3 is 0 Å². The van der Waals surface area contributed by atoms with E-state index in [-0.39, 0.29) is 11.6 Å². The van der Waals surface area contributed by atoms with Crippen molar-refractivity contribution in [2.24, 2.45) is 5.92 Å². The molecule has 1 aliphatic carbocycles. The Bertz CT molecular complexity index is 1220. The first kappa shape index (κ1) is 19.5. The van der Waals surface area contributed by atoms with Gasteiger partial charge in [0.15, 0.2) is 5.82 Å². The normalized spacial score (nSPS) is 20.1. The van der Waals surface area contributed by atoms with Gasteiger partial charge in [-0.3, -0.25) is 9.48 Å². The Morgan fingerprint density at radius 2 is 1.97 bits per heavy atom. The predicted molar refractivity (Wildman–Crippen MR) is 121 cm³/mol. The molecule has 0 bridgehead atoms. The Morgan fingerprint density at radius 3 is 2.71 bits per heavy atom. The van der Waals surface area contributed by atoms with Gasteiger partial charge in [0.2, 0.25) is 0 Å². The van der Waals surface area contributed by atoms with Crippen LogP contribution in [0.5, 0.6) is 0 Å². The SMILES string of the molecule is CC(c1ccc(Nc2nn([C@H]3CCCC[C@@H]3C)c3cc[nH]c(=O)c23)cc1)n1ccnn1. The number of aromatic nitrogens is 6. The lowest BCUT2D eigenvalue weighted by molar-refractivity contribution is 0.246. The number of hydrogen-bond acceptors (Lipinski definition) is 5. The fourth-order valence-electron chi connectivity index (χ4n) is 4.66. The Labute approximate surface area is 180 Å². The molecule has 8 heteroatoms. The zero-order valence-electron chi connectivity index (χ0n) is 17.8. The topological polar surface area (TPSA) is 93.4 Å². The van der Waals surface area contributed by atoms with Gasteiger partial charge in [-0.2, -0.15) is 5.10 Å². The van der Waals surface area contributed by atoms with Gasteiger partial charge < -0.3 is 10.3 Å². The number of rotatable bonds is 5. The zero-order valence-corrected chi connectivity index (χ0v) is 17.8. The van der Waals surface area contributed by atoms with E-state index in [2.05, 4.69) is 51.3 Å². The third-order valence-corrected chi connectivity index (χ3v) is 6.50. The predicted octanol–water partition coefficient (Wildman–Crippen LogP) is 4.42. The van der Waals surface area contributed by atoms with Gasteiger partial charge in [0.05, 0.1) is 23.8 Å². The minimum atomic E-state index is -0.119. The van der Waals surface area contributed by atoms with Gasteiger partial charge in [-0.25, -0.2) is 4.68 Å². The summed E-state index contributed by atoms with van der Waals surface area (Å²) in [6, 6.07) is 10.5. The van der Waals surface area contributed by atoms with E-state index in [4.69, 9.17) is 5.10 Å². The molecule has 0 saturated heterocycles. The van der Waals surface area contributed by atoms with Gasteiger partial charge in [0.1, 0.15) is 5.39 Å². The van der Waals surface area contributed by atoms with E-state index in [9.17, 15) is 4.79 Å². The minimum Gasteiger partial charge on any atom is -0.338 e. The van der Waals surface area contributed by atoms with Crippen LogP contribution in [0.2, 0.25) is 0 Å². The van der Waals surface area contributed by atoms with Gasteiger partial charge in [-0.05, 0) is 49.4 Å². The van der Waals surface area contributed by atoms with Crippen molar-refractivity contribution in [1.82, 2.24) is 29.8 Å². The molecule has 4 aromatic rings. The van der Waals surface area contributed by atoms with E-state index in [1.54, 1.807) is 12.4 Å². The molecule has 1 unspecified atom stereocenters. The summed E-state index contributed by atoms with van der Waals surface area (Å²) < 4.78 is 3.89. The van der Waals surface area contributed by atoms with Crippen LogP contribution >= 0.6 is 0 Å². The molecule has 3 atom stereocenters. The number of benzene rings is 1. The first-order valence-electron chi connectivity index (χ1n) is 10.9. The van der Waals surface area contributed by atoms with Crippen LogP contribution in [-0.2, 0) is 0 Å². The molecule has 31 heavy (non-hydrogen) atoms. The second-order valence-electron chi connectivity index (χ2n) is 8.50. The molecule has 3 aromatic heterocycles. The molecular formula is C23H27N7O. The van der Waals surface area contributed by atoms with Crippen LogP contribution in [-0.4, -0.2) is 29.8 Å². The monoisotopic (exact) mass is 417 g/mol. The van der Waals surface area contributed by atoms with Gasteiger partial charge in [-0.1, -0.05) is 37.1 Å². The number of H-pyrrole nitrogens is 1. The van der Waals surface area contributed by atoms with Crippen molar-refractivity contribution in [3.63, 3.8) is 0 Å². The maximum Gasteiger partial charge on any atom is 0.261 e. The van der Waals surface area contributed by atoms with Gasteiger partial charge in [0, 0.05) is 18.1 Å². The molecule has 0 radical (unpaired) electrons. The number of anilines is 2. The highest BCUT2D eigenvalue weighted by Gasteiger charge is 2.27. The standard InChI is InChI=1S/C23H27N7O/c1-15-5-3-4-6-19(15)30-20-11-12-24-23(31)21(20)22(27-30)26-18-9-7-17(8-10-18)16(2)29-14-13-25-28-29/h7-16,19H,3-6H2,1-2H3,(H,24,31)(H,26,27)/t15-,16?,19-/m0/s1. The van der Waals surface area contributed by atoms with Crippen molar-refractivity contribution >= 4 is 22.4 Å². The van der Waals surface area contributed by atoms with Crippen LogP contribution in [0.25, 0.3) is 10.9 Å². The molecule has 1 fully saturated rings. The van der Waals surface area contributed by atoms with Crippen molar-refractivity contribution < 1.29 is 0 Å². The Hall–Kier alpha value is -3.42. The van der Waals surface area contributed by atoms with E-state index < -0.39 is 0 Å². The number of nitrogens with zero attached hydrogens (tertiary/aromatic N) is 5. The van der Waals surface area contributed by atoms with Crippen LogP contribution < -0.4 is 10.9 Å². The Balaban J connectivity index is 1.47. The van der Waals surface area contributed by atoms with E-state index in [1.165, 1.54) is 19.3 Å². The summed E-state index contributed by atoms with van der Waals surface area (Å²) in [6.07, 6.45) is 10.0. The lowest BCUT2D eigenvalue weighted by atomic mass is 9.86. The smallest absolute Gasteiger partial charge is 0.261 e. The summed E-state index contributed by atoms with van der Waals surface area (Å²) in [5.74, 6) is 1.15. The number of hydrogen-bond donors (Lipinski definition) is 2. The largest absolute Gasteiger partial charge is 0.338 e. The van der Waals surface area contributed by atoms with E-state index in [0.717, 1.165) is 23.2 Å². The van der Waals surface area contributed by atoms with Crippen LogP contribution in [0.3, 0.4) is 0 Å². The minimum absolute atomic E-state index is 0.0900. The molecule has 1 aromatic carbocycles. The van der Waals surface area contributed by atoms with Crippen LogP contribution in [0.4, 0.5) is 11.5 Å². The molecule has 0 amide bonds. The third-order valence-electron chi connectivity index (χ3n) is 6.50. The molecule has 5 rings (SSSR count). The van der Waals surface area contributed by atoms with Crippen molar-refractivity contribution in [2.75, 3.05) is 5.32 Å². The molecular weight excluding hydrogens is 390 g/mol. The van der Waals surface area contributed by atoms with Crippen molar-refractivity contribution in [3.05, 3.63) is 64.8 Å². The maximum atomic E-state index is 12.7. The van der Waals surface area contributed by atoms with Crippen LogP contribution in [0.15, 0.2) is 53.7 Å². The molecule has 8 nitrogen and oxygen atoms in total. The van der Waals surface area contributed by atoms with Crippen molar-refractivity contribution in [2.45, 2.75) is 51.6 Å². The zero-order chi connectivity index (χ0) is 21.4. The number of fused-ring (bicyclic) bond motifs is 1. The van der Waals surface area contributed by atoms with Gasteiger partial charge in [0.25, 0.3) is 5.56 Å². The number of pyridine rings is 1. The molecule has 1 saturated carbocycles. The van der Waals surface area contributed by atoms with Crippen molar-refractivity contribution in [1.29, 1.82) is 0 Å². The maximum absolute atomic E-state index is 12.7. The average molecular weight is 418 g/mol. The summed E-state index contributed by atoms with van der Waals surface area (Å²) in [5.41, 5.74) is 2.79. The summed E-state index contributed by atoms with van der Waals surface area (Å²) >= 11 is 0. The summed E-state index contributed by atoms with van der Waals surface area (Å²) in [4.78, 5) is 15.5.